The van der Waals surface area contributed by atoms with Gasteiger partial charge in [-0.15, -0.1) is 11.3 Å². The van der Waals surface area contributed by atoms with E-state index in [0.717, 1.165) is 37.4 Å². The summed E-state index contributed by atoms with van der Waals surface area (Å²) in [4.78, 5) is 16.0. The van der Waals surface area contributed by atoms with E-state index >= 15 is 0 Å². The molecule has 1 amide bonds. The van der Waals surface area contributed by atoms with Gasteiger partial charge in [0.05, 0.1) is 5.92 Å². The Morgan fingerprint density at radius 2 is 2.00 bits per heavy atom. The number of hydrogen-bond acceptors (Lipinski definition) is 5. The van der Waals surface area contributed by atoms with E-state index in [0.29, 0.717) is 23.2 Å². The molecule has 2 unspecified atom stereocenters. The summed E-state index contributed by atoms with van der Waals surface area (Å²) in [5, 5.41) is 3.06. The Hall–Kier alpha value is -0.960. The van der Waals surface area contributed by atoms with Gasteiger partial charge >= 0.3 is 0 Å². The van der Waals surface area contributed by atoms with E-state index in [-0.39, 0.29) is 18.4 Å². The molecule has 3 heterocycles. The first-order chi connectivity index (χ1) is 12.9. The summed E-state index contributed by atoms with van der Waals surface area (Å²) < 4.78 is 27.5. The third-order valence-corrected chi connectivity index (χ3v) is 8.79. The van der Waals surface area contributed by atoms with Gasteiger partial charge in [0.25, 0.3) is 10.0 Å². The van der Waals surface area contributed by atoms with Crippen molar-refractivity contribution in [3.8, 4) is 0 Å². The van der Waals surface area contributed by atoms with Gasteiger partial charge in [0, 0.05) is 31.1 Å². The first kappa shape index (κ1) is 20.8. The van der Waals surface area contributed by atoms with Gasteiger partial charge in [-0.3, -0.25) is 4.79 Å². The topological polar surface area (TPSA) is 69.7 Å². The van der Waals surface area contributed by atoms with E-state index in [9.17, 15) is 13.2 Å². The summed E-state index contributed by atoms with van der Waals surface area (Å²) in [7, 11) is -3.49. The molecule has 3 rings (SSSR count). The maximum Gasteiger partial charge on any atom is 0.252 e. The third-order valence-electron chi connectivity index (χ3n) is 5.46. The summed E-state index contributed by atoms with van der Waals surface area (Å²) >= 11 is 1.29. The first-order valence-corrected chi connectivity index (χ1v) is 12.2. The Labute approximate surface area is 167 Å². The molecule has 0 aromatic carbocycles. The molecule has 2 atom stereocenters. The van der Waals surface area contributed by atoms with Crippen molar-refractivity contribution in [1.82, 2.24) is 14.5 Å². The molecule has 0 spiro atoms. The van der Waals surface area contributed by atoms with Crippen LogP contribution in [0.2, 0.25) is 0 Å². The lowest BCUT2D eigenvalue weighted by atomic mass is 9.98. The van der Waals surface area contributed by atoms with Crippen LogP contribution in [0.4, 0.5) is 0 Å². The minimum absolute atomic E-state index is 0.00877. The number of rotatable bonds is 7. The van der Waals surface area contributed by atoms with E-state index in [4.69, 9.17) is 0 Å². The number of carbonyl (C=O) groups is 1. The Kier molecular flexibility index (Phi) is 6.94. The van der Waals surface area contributed by atoms with Gasteiger partial charge in [0.1, 0.15) is 4.21 Å². The monoisotopic (exact) mass is 413 g/mol. The quantitative estimate of drug-likeness (QED) is 0.745. The first-order valence-electron chi connectivity index (χ1n) is 9.93. The van der Waals surface area contributed by atoms with Gasteiger partial charge in [0.15, 0.2) is 0 Å². The van der Waals surface area contributed by atoms with E-state index < -0.39 is 10.0 Å². The van der Waals surface area contributed by atoms with Crippen molar-refractivity contribution in [2.75, 3.05) is 39.3 Å². The van der Waals surface area contributed by atoms with Crippen LogP contribution in [0.5, 0.6) is 0 Å². The average Bonchev–Trinajstić information content (AvgIpc) is 3.31. The summed E-state index contributed by atoms with van der Waals surface area (Å²) in [5.74, 6) is 0.142. The van der Waals surface area contributed by atoms with Gasteiger partial charge < -0.3 is 10.2 Å². The highest BCUT2D eigenvalue weighted by atomic mass is 32.2. The highest BCUT2D eigenvalue weighted by molar-refractivity contribution is 7.91. The molecule has 0 radical (unpaired) electrons. The molecule has 0 aliphatic carbocycles. The Balaban J connectivity index is 1.51. The molecule has 0 bridgehead atoms. The molecule has 2 aliphatic rings. The molecular formula is C19H31N3O3S2. The van der Waals surface area contributed by atoms with Gasteiger partial charge in [-0.1, -0.05) is 6.92 Å². The zero-order valence-electron chi connectivity index (χ0n) is 16.3. The van der Waals surface area contributed by atoms with Crippen molar-refractivity contribution in [2.45, 2.75) is 43.7 Å². The van der Waals surface area contributed by atoms with E-state index in [1.54, 1.807) is 6.07 Å². The van der Waals surface area contributed by atoms with Crippen LogP contribution in [0.25, 0.3) is 0 Å². The molecule has 152 valence electrons. The molecule has 2 saturated heterocycles. The summed E-state index contributed by atoms with van der Waals surface area (Å²) in [5.41, 5.74) is 0. The number of hydrogen-bond donors (Lipinski definition) is 1. The van der Waals surface area contributed by atoms with Gasteiger partial charge in [-0.25, -0.2) is 8.42 Å². The van der Waals surface area contributed by atoms with Crippen molar-refractivity contribution < 1.29 is 13.2 Å². The largest absolute Gasteiger partial charge is 0.356 e. The fourth-order valence-corrected chi connectivity index (χ4v) is 6.90. The molecule has 2 fully saturated rings. The zero-order chi connectivity index (χ0) is 19.4. The summed E-state index contributed by atoms with van der Waals surface area (Å²) in [6.07, 6.45) is 4.03. The van der Waals surface area contributed by atoms with Crippen LogP contribution >= 0.6 is 11.3 Å². The predicted octanol–water partition coefficient (Wildman–Crippen LogP) is 2.31. The van der Waals surface area contributed by atoms with Crippen LogP contribution in [0, 0.1) is 18.8 Å². The van der Waals surface area contributed by atoms with Gasteiger partial charge in [-0.05, 0) is 63.7 Å². The number of thiophene rings is 1. The number of aryl methyl sites for hydroxylation is 1. The van der Waals surface area contributed by atoms with Crippen molar-refractivity contribution >= 4 is 27.3 Å². The highest BCUT2D eigenvalue weighted by Gasteiger charge is 2.34. The fourth-order valence-electron chi connectivity index (χ4n) is 3.94. The lowest BCUT2D eigenvalue weighted by molar-refractivity contribution is -0.126. The standard InChI is InChI=1S/C19H31N3O3S2/c1-15(13-21-9-3-4-10-21)12-20-19(23)17-6-5-11-22(14-17)27(24,25)18-8-7-16(2)26-18/h7-8,15,17H,3-6,9-14H2,1-2H3,(H,20,23). The van der Waals surface area contributed by atoms with Crippen LogP contribution in [-0.2, 0) is 14.8 Å². The van der Waals surface area contributed by atoms with Crippen molar-refractivity contribution in [2.24, 2.45) is 11.8 Å². The highest BCUT2D eigenvalue weighted by Crippen LogP contribution is 2.28. The molecule has 27 heavy (non-hydrogen) atoms. The second-order valence-electron chi connectivity index (χ2n) is 7.93. The van der Waals surface area contributed by atoms with Crippen molar-refractivity contribution in [3.63, 3.8) is 0 Å². The Morgan fingerprint density at radius 1 is 1.26 bits per heavy atom. The number of carbonyl (C=O) groups excluding carboxylic acids is 1. The van der Waals surface area contributed by atoms with Crippen LogP contribution in [0.15, 0.2) is 16.3 Å². The van der Waals surface area contributed by atoms with Crippen LogP contribution in [0.1, 0.15) is 37.5 Å². The minimum atomic E-state index is -3.49. The average molecular weight is 414 g/mol. The van der Waals surface area contributed by atoms with Crippen molar-refractivity contribution in [3.05, 3.63) is 17.0 Å². The van der Waals surface area contributed by atoms with E-state index in [1.807, 2.05) is 13.0 Å². The molecule has 2 aliphatic heterocycles. The van der Waals surface area contributed by atoms with Crippen molar-refractivity contribution in [1.29, 1.82) is 0 Å². The zero-order valence-corrected chi connectivity index (χ0v) is 17.9. The van der Waals surface area contributed by atoms with Gasteiger partial charge in [0.2, 0.25) is 5.91 Å². The maximum absolute atomic E-state index is 12.8. The Bertz CT molecular complexity index is 741. The molecule has 6 nitrogen and oxygen atoms in total. The fraction of sp³-hybridized carbons (Fsp3) is 0.737. The molecular weight excluding hydrogens is 382 g/mol. The number of amides is 1. The number of likely N-dealkylation sites (tertiary alicyclic amines) is 1. The Morgan fingerprint density at radius 3 is 2.67 bits per heavy atom. The number of sulfonamides is 1. The van der Waals surface area contributed by atoms with Crippen LogP contribution in [-0.4, -0.2) is 62.8 Å². The maximum atomic E-state index is 12.8. The second kappa shape index (κ2) is 9.03. The second-order valence-corrected chi connectivity index (χ2v) is 11.4. The third kappa shape index (κ3) is 5.31. The predicted molar refractivity (Wildman–Crippen MR) is 108 cm³/mol. The van der Waals surface area contributed by atoms with Crippen LogP contribution in [0.3, 0.4) is 0 Å². The van der Waals surface area contributed by atoms with Crippen LogP contribution < -0.4 is 5.32 Å². The van der Waals surface area contributed by atoms with Gasteiger partial charge in [-0.2, -0.15) is 4.31 Å². The molecule has 1 N–H and O–H groups in total. The number of piperidine rings is 1. The molecule has 1 aromatic rings. The minimum Gasteiger partial charge on any atom is -0.356 e. The number of nitrogens with one attached hydrogen (secondary N) is 1. The normalized spacial score (nSPS) is 23.4. The van der Waals surface area contributed by atoms with E-state index in [1.165, 1.54) is 28.5 Å². The SMILES string of the molecule is Cc1ccc(S(=O)(=O)N2CCCC(C(=O)NCC(C)CN3CCCC3)C2)s1. The van der Waals surface area contributed by atoms with E-state index in [2.05, 4.69) is 17.1 Å². The number of nitrogens with zero attached hydrogens (tertiary/aromatic N) is 2. The smallest absolute Gasteiger partial charge is 0.252 e. The molecule has 8 heteroatoms. The lowest BCUT2D eigenvalue weighted by Gasteiger charge is -2.31. The lowest BCUT2D eigenvalue weighted by Crippen LogP contribution is -2.46. The molecule has 1 aromatic heterocycles. The summed E-state index contributed by atoms with van der Waals surface area (Å²) in [6.45, 7) is 8.84. The molecule has 0 saturated carbocycles. The summed E-state index contributed by atoms with van der Waals surface area (Å²) in [6, 6.07) is 3.49.